The SMILES string of the molecule is Cc1n[nH]c(=O)nc1NN=Cc1ccc(OC(=O)c2ccc(F)cc2)cc1. The fourth-order valence-electron chi connectivity index (χ4n) is 2.04. The number of hydrogen-bond acceptors (Lipinski definition) is 7. The first-order chi connectivity index (χ1) is 13.0. The molecule has 0 bridgehead atoms. The van der Waals surface area contributed by atoms with Crippen molar-refractivity contribution in [1.29, 1.82) is 0 Å². The van der Waals surface area contributed by atoms with E-state index in [4.69, 9.17) is 4.74 Å². The normalized spacial score (nSPS) is 10.7. The fourth-order valence-corrected chi connectivity index (χ4v) is 2.04. The van der Waals surface area contributed by atoms with E-state index in [0.29, 0.717) is 11.4 Å². The van der Waals surface area contributed by atoms with Gasteiger partial charge in [0.05, 0.1) is 11.8 Å². The molecule has 0 aliphatic carbocycles. The molecule has 0 fully saturated rings. The van der Waals surface area contributed by atoms with Crippen LogP contribution in [0.2, 0.25) is 0 Å². The van der Waals surface area contributed by atoms with Crippen molar-refractivity contribution in [3.05, 3.63) is 81.7 Å². The highest BCUT2D eigenvalue weighted by atomic mass is 19.1. The van der Waals surface area contributed by atoms with Gasteiger partial charge >= 0.3 is 11.7 Å². The molecular weight excluding hydrogens is 353 g/mol. The standard InChI is InChI=1S/C18H14FN5O3/c1-11-16(21-18(26)24-22-11)23-20-10-12-2-8-15(9-3-12)27-17(25)13-4-6-14(19)7-5-13/h2-10H,1H3,(H2,21,23,24,26). The van der Waals surface area contributed by atoms with E-state index in [0.717, 1.165) is 5.56 Å². The van der Waals surface area contributed by atoms with Gasteiger partial charge < -0.3 is 4.74 Å². The van der Waals surface area contributed by atoms with Gasteiger partial charge in [-0.3, -0.25) is 5.43 Å². The molecule has 2 aromatic carbocycles. The van der Waals surface area contributed by atoms with Crippen molar-refractivity contribution in [2.75, 3.05) is 5.43 Å². The van der Waals surface area contributed by atoms with Crippen molar-refractivity contribution in [1.82, 2.24) is 15.2 Å². The second-order valence-corrected chi connectivity index (χ2v) is 5.41. The summed E-state index contributed by atoms with van der Waals surface area (Å²) in [5.41, 5.74) is 3.52. The quantitative estimate of drug-likeness (QED) is 0.310. The summed E-state index contributed by atoms with van der Waals surface area (Å²) in [5.74, 6) is -0.419. The Morgan fingerprint density at radius 1 is 1.19 bits per heavy atom. The molecule has 0 atom stereocenters. The van der Waals surface area contributed by atoms with Crippen LogP contribution in [-0.2, 0) is 0 Å². The molecule has 0 amide bonds. The van der Waals surface area contributed by atoms with Gasteiger partial charge in [-0.05, 0) is 61.0 Å². The lowest BCUT2D eigenvalue weighted by Crippen LogP contribution is -2.15. The highest BCUT2D eigenvalue weighted by Crippen LogP contribution is 2.14. The first kappa shape index (κ1) is 17.9. The van der Waals surface area contributed by atoms with E-state index in [-0.39, 0.29) is 11.4 Å². The zero-order chi connectivity index (χ0) is 19.2. The molecule has 0 aliphatic heterocycles. The van der Waals surface area contributed by atoms with E-state index in [1.54, 1.807) is 31.2 Å². The van der Waals surface area contributed by atoms with Crippen molar-refractivity contribution in [2.45, 2.75) is 6.92 Å². The van der Waals surface area contributed by atoms with E-state index in [2.05, 4.69) is 25.7 Å². The van der Waals surface area contributed by atoms with Gasteiger partial charge in [-0.1, -0.05) is 0 Å². The minimum atomic E-state index is -0.582. The minimum Gasteiger partial charge on any atom is -0.423 e. The molecule has 0 radical (unpaired) electrons. The summed E-state index contributed by atoms with van der Waals surface area (Å²) in [6.07, 6.45) is 1.51. The number of nitrogens with zero attached hydrogens (tertiary/aromatic N) is 3. The van der Waals surface area contributed by atoms with E-state index in [1.807, 2.05) is 0 Å². The third-order valence-corrected chi connectivity index (χ3v) is 3.43. The zero-order valence-corrected chi connectivity index (χ0v) is 14.1. The number of aryl methyl sites for hydroxylation is 1. The van der Waals surface area contributed by atoms with Crippen LogP contribution in [-0.4, -0.2) is 27.4 Å². The summed E-state index contributed by atoms with van der Waals surface area (Å²) < 4.78 is 18.1. The molecule has 1 aromatic heterocycles. The van der Waals surface area contributed by atoms with Crippen molar-refractivity contribution in [3.63, 3.8) is 0 Å². The molecule has 1 heterocycles. The molecule has 0 saturated heterocycles. The van der Waals surface area contributed by atoms with Gasteiger partial charge in [-0.2, -0.15) is 15.2 Å². The van der Waals surface area contributed by atoms with Crippen LogP contribution in [0, 0.1) is 12.7 Å². The third-order valence-electron chi connectivity index (χ3n) is 3.43. The number of H-pyrrole nitrogens is 1. The molecule has 0 spiro atoms. The van der Waals surface area contributed by atoms with Gasteiger partial charge in [0.15, 0.2) is 5.82 Å². The zero-order valence-electron chi connectivity index (χ0n) is 14.1. The molecule has 9 heteroatoms. The molecule has 2 N–H and O–H groups in total. The Kier molecular flexibility index (Phi) is 5.31. The molecule has 8 nitrogen and oxygen atoms in total. The molecule has 27 heavy (non-hydrogen) atoms. The number of halogens is 1. The molecule has 3 aromatic rings. The summed E-state index contributed by atoms with van der Waals surface area (Å²) in [6.45, 7) is 1.67. The number of aromatic nitrogens is 3. The maximum atomic E-state index is 12.9. The van der Waals surface area contributed by atoms with Gasteiger partial charge in [-0.15, -0.1) is 0 Å². The lowest BCUT2D eigenvalue weighted by atomic mass is 10.2. The average Bonchev–Trinajstić information content (AvgIpc) is 2.66. The molecule has 136 valence electrons. The number of ether oxygens (including phenoxy) is 1. The summed E-state index contributed by atoms with van der Waals surface area (Å²) >= 11 is 0. The van der Waals surface area contributed by atoms with Crippen molar-refractivity contribution in [3.8, 4) is 5.75 Å². The lowest BCUT2D eigenvalue weighted by molar-refractivity contribution is 0.0734. The summed E-state index contributed by atoms with van der Waals surface area (Å²) in [5, 5.41) is 9.97. The van der Waals surface area contributed by atoms with Crippen LogP contribution in [0.5, 0.6) is 5.75 Å². The first-order valence-corrected chi connectivity index (χ1v) is 7.81. The van der Waals surface area contributed by atoms with E-state index in [9.17, 15) is 14.0 Å². The van der Waals surface area contributed by atoms with Crippen LogP contribution in [0.15, 0.2) is 58.4 Å². The monoisotopic (exact) mass is 367 g/mol. The van der Waals surface area contributed by atoms with Gasteiger partial charge in [0, 0.05) is 0 Å². The van der Waals surface area contributed by atoms with Crippen molar-refractivity contribution < 1.29 is 13.9 Å². The summed E-state index contributed by atoms with van der Waals surface area (Å²) in [7, 11) is 0. The van der Waals surface area contributed by atoms with E-state index in [1.165, 1.54) is 30.5 Å². The second kappa shape index (κ2) is 8.00. The number of anilines is 1. The van der Waals surface area contributed by atoms with Gasteiger partial charge in [-0.25, -0.2) is 19.1 Å². The van der Waals surface area contributed by atoms with Crippen LogP contribution >= 0.6 is 0 Å². The maximum Gasteiger partial charge on any atom is 0.363 e. The van der Waals surface area contributed by atoms with Gasteiger partial charge in [0.25, 0.3) is 0 Å². The number of aromatic amines is 1. The fraction of sp³-hybridized carbons (Fsp3) is 0.0556. The Balaban J connectivity index is 1.61. The van der Waals surface area contributed by atoms with Crippen molar-refractivity contribution >= 4 is 18.0 Å². The Labute approximate surface area is 152 Å². The number of esters is 1. The number of carbonyl (C=O) groups is 1. The number of rotatable bonds is 5. The first-order valence-electron chi connectivity index (χ1n) is 7.81. The van der Waals surface area contributed by atoms with Crippen LogP contribution in [0.4, 0.5) is 10.2 Å². The third kappa shape index (κ3) is 4.82. The highest BCUT2D eigenvalue weighted by molar-refractivity contribution is 5.91. The van der Waals surface area contributed by atoms with Crippen LogP contribution in [0.25, 0.3) is 0 Å². The Morgan fingerprint density at radius 2 is 1.89 bits per heavy atom. The van der Waals surface area contributed by atoms with E-state index >= 15 is 0 Å². The Hall–Kier alpha value is -3.88. The number of benzene rings is 2. The number of nitrogens with one attached hydrogen (secondary N) is 2. The second-order valence-electron chi connectivity index (χ2n) is 5.41. The lowest BCUT2D eigenvalue weighted by Gasteiger charge is -2.04. The Bertz CT molecular complexity index is 1030. The number of hydrogen-bond donors (Lipinski definition) is 2. The topological polar surface area (TPSA) is 109 Å². The van der Waals surface area contributed by atoms with Gasteiger partial charge in [0.2, 0.25) is 0 Å². The van der Waals surface area contributed by atoms with Crippen molar-refractivity contribution in [2.24, 2.45) is 5.10 Å². The predicted octanol–water partition coefficient (Wildman–Crippen LogP) is 2.28. The Morgan fingerprint density at radius 3 is 2.59 bits per heavy atom. The summed E-state index contributed by atoms with van der Waals surface area (Å²) in [6, 6.07) is 11.7. The van der Waals surface area contributed by atoms with Crippen LogP contribution in [0.1, 0.15) is 21.6 Å². The molecule has 0 unspecified atom stereocenters. The van der Waals surface area contributed by atoms with Gasteiger partial charge in [0.1, 0.15) is 17.3 Å². The number of carbonyl (C=O) groups excluding carboxylic acids is 1. The predicted molar refractivity (Wildman–Crippen MR) is 96.4 cm³/mol. The largest absolute Gasteiger partial charge is 0.423 e. The highest BCUT2D eigenvalue weighted by Gasteiger charge is 2.08. The minimum absolute atomic E-state index is 0.250. The van der Waals surface area contributed by atoms with E-state index < -0.39 is 17.5 Å². The van der Waals surface area contributed by atoms with Crippen LogP contribution < -0.4 is 15.9 Å². The molecule has 3 rings (SSSR count). The van der Waals surface area contributed by atoms with Crippen LogP contribution in [0.3, 0.4) is 0 Å². The summed E-state index contributed by atoms with van der Waals surface area (Å²) in [4.78, 5) is 26.8. The maximum absolute atomic E-state index is 12.9. The smallest absolute Gasteiger partial charge is 0.363 e. The average molecular weight is 367 g/mol. The molecule has 0 aliphatic rings. The molecule has 0 saturated carbocycles. The molecular formula is C18H14FN5O3. The number of hydrazone groups is 1.